The maximum absolute atomic E-state index is 13.1. The quantitative estimate of drug-likeness (QED) is 0.0572. The summed E-state index contributed by atoms with van der Waals surface area (Å²) in [5.41, 5.74) is 17.3. The Morgan fingerprint density at radius 2 is 1.51 bits per heavy atom. The van der Waals surface area contributed by atoms with Gasteiger partial charge in [0.25, 0.3) is 0 Å². The number of aliphatic carboxylic acids is 1. The molecule has 4 unspecified atom stereocenters. The van der Waals surface area contributed by atoms with Crippen molar-refractivity contribution >= 4 is 42.3 Å². The smallest absolute Gasteiger partial charge is 0.326 e. The molecule has 1 aromatic rings. The number of amides is 3. The monoisotopic (exact) mass is 537 g/mol. The van der Waals surface area contributed by atoms with E-state index in [1.165, 1.54) is 0 Å². The fraction of sp³-hybridized carbons (Fsp3) is 0.542. The molecule has 37 heavy (non-hydrogen) atoms. The Balaban J connectivity index is 2.90. The molecule has 1 rings (SSSR count). The highest BCUT2D eigenvalue weighted by Gasteiger charge is 2.29. The van der Waals surface area contributed by atoms with Crippen LogP contribution in [0.25, 0.3) is 0 Å². The molecule has 0 aliphatic carbocycles. The third-order valence-corrected chi connectivity index (χ3v) is 5.72. The number of carboxylic acid groups (broad SMARTS) is 1. The van der Waals surface area contributed by atoms with Crippen LogP contribution in [0.15, 0.2) is 35.3 Å². The van der Waals surface area contributed by atoms with Crippen LogP contribution in [0, 0.1) is 5.92 Å². The van der Waals surface area contributed by atoms with E-state index in [9.17, 15) is 24.3 Å². The van der Waals surface area contributed by atoms with E-state index in [1.807, 2.05) is 13.8 Å². The first-order chi connectivity index (χ1) is 17.4. The standard InChI is InChI=1S/C24H39N7O5S/c1-14(2)11-16(25)20(32)29-17(9-6-10-28-24(26)27)21(33)31-19(13-37)22(34)30-18(23(35)36)12-15-7-4-3-5-8-15/h3-5,7-8,14,16-19,37H,6,9-13,25H2,1-2H3,(H,29,32)(H,30,34)(H,31,33)(H,35,36)(H4,26,27,28). The summed E-state index contributed by atoms with van der Waals surface area (Å²) in [6, 6.07) is 4.64. The number of carbonyl (C=O) groups is 4. The van der Waals surface area contributed by atoms with Crippen LogP contribution in [0.1, 0.15) is 38.7 Å². The average molecular weight is 538 g/mol. The van der Waals surface area contributed by atoms with Crippen molar-refractivity contribution in [2.75, 3.05) is 12.3 Å². The molecule has 0 aliphatic heterocycles. The van der Waals surface area contributed by atoms with E-state index in [0.717, 1.165) is 5.56 Å². The third kappa shape index (κ3) is 12.5. The average Bonchev–Trinajstić information content (AvgIpc) is 2.83. The predicted octanol–water partition coefficient (Wildman–Crippen LogP) is -0.875. The Bertz CT molecular complexity index is 925. The number of carbonyl (C=O) groups excluding carboxylic acids is 3. The van der Waals surface area contributed by atoms with E-state index >= 15 is 0 Å². The molecule has 0 saturated carbocycles. The van der Waals surface area contributed by atoms with Gasteiger partial charge in [0.1, 0.15) is 18.1 Å². The molecule has 0 aliphatic rings. The summed E-state index contributed by atoms with van der Waals surface area (Å²) in [6.45, 7) is 4.07. The topological polar surface area (TPSA) is 215 Å². The molecule has 0 heterocycles. The molecule has 0 saturated heterocycles. The van der Waals surface area contributed by atoms with Gasteiger partial charge < -0.3 is 38.3 Å². The molecule has 4 atom stereocenters. The maximum Gasteiger partial charge on any atom is 0.326 e. The van der Waals surface area contributed by atoms with E-state index in [4.69, 9.17) is 17.2 Å². The van der Waals surface area contributed by atoms with Gasteiger partial charge in [-0.05, 0) is 30.7 Å². The minimum atomic E-state index is -1.22. The van der Waals surface area contributed by atoms with Gasteiger partial charge in [-0.2, -0.15) is 12.6 Å². The number of aliphatic imine (C=N–C) groups is 1. The second-order valence-electron chi connectivity index (χ2n) is 9.08. The molecule has 0 fully saturated rings. The lowest BCUT2D eigenvalue weighted by molar-refractivity contribution is -0.142. The number of guanidine groups is 1. The van der Waals surface area contributed by atoms with Crippen molar-refractivity contribution in [3.8, 4) is 0 Å². The molecule has 0 aromatic heterocycles. The summed E-state index contributed by atoms with van der Waals surface area (Å²) in [6.07, 6.45) is 1.03. The van der Waals surface area contributed by atoms with Crippen molar-refractivity contribution in [2.45, 2.75) is 63.7 Å². The molecule has 12 nitrogen and oxygen atoms in total. The maximum atomic E-state index is 13.1. The second-order valence-corrected chi connectivity index (χ2v) is 9.44. The van der Waals surface area contributed by atoms with E-state index in [0.29, 0.717) is 12.8 Å². The van der Waals surface area contributed by atoms with Gasteiger partial charge in [-0.25, -0.2) is 4.79 Å². The van der Waals surface area contributed by atoms with Crippen LogP contribution in [0.5, 0.6) is 0 Å². The Hall–Kier alpha value is -3.32. The van der Waals surface area contributed by atoms with Gasteiger partial charge in [-0.3, -0.25) is 19.4 Å². The minimum Gasteiger partial charge on any atom is -0.480 e. The van der Waals surface area contributed by atoms with Gasteiger partial charge in [-0.15, -0.1) is 0 Å². The van der Waals surface area contributed by atoms with Crippen LogP contribution in [0.2, 0.25) is 0 Å². The molecule has 10 N–H and O–H groups in total. The van der Waals surface area contributed by atoms with Gasteiger partial charge in [0, 0.05) is 18.7 Å². The minimum absolute atomic E-state index is 0.0619. The molecule has 1 aromatic carbocycles. The predicted molar refractivity (Wildman–Crippen MR) is 145 cm³/mol. The lowest BCUT2D eigenvalue weighted by atomic mass is 10.0. The highest BCUT2D eigenvalue weighted by Crippen LogP contribution is 2.07. The SMILES string of the molecule is CC(C)CC(N)C(=O)NC(CCCN=C(N)N)C(=O)NC(CS)C(=O)NC(Cc1ccccc1)C(=O)O. The van der Waals surface area contributed by atoms with Gasteiger partial charge in [0.15, 0.2) is 5.96 Å². The van der Waals surface area contributed by atoms with E-state index in [1.54, 1.807) is 30.3 Å². The van der Waals surface area contributed by atoms with E-state index in [2.05, 4.69) is 33.6 Å². The van der Waals surface area contributed by atoms with E-state index in [-0.39, 0.29) is 37.0 Å². The zero-order chi connectivity index (χ0) is 28.0. The van der Waals surface area contributed by atoms with Crippen molar-refractivity contribution in [1.82, 2.24) is 16.0 Å². The summed E-state index contributed by atoms with van der Waals surface area (Å²) in [4.78, 5) is 54.1. The number of rotatable bonds is 16. The van der Waals surface area contributed by atoms with Crippen molar-refractivity contribution < 1.29 is 24.3 Å². The summed E-state index contributed by atoms with van der Waals surface area (Å²) in [7, 11) is 0. The second kappa shape index (κ2) is 16.4. The van der Waals surface area contributed by atoms with Crippen molar-refractivity contribution in [2.24, 2.45) is 28.1 Å². The Morgan fingerprint density at radius 1 is 0.946 bits per heavy atom. The van der Waals surface area contributed by atoms with Gasteiger partial charge in [0.05, 0.1) is 6.04 Å². The first-order valence-corrected chi connectivity index (χ1v) is 12.7. The molecule has 3 amide bonds. The largest absolute Gasteiger partial charge is 0.480 e. The highest BCUT2D eigenvalue weighted by molar-refractivity contribution is 7.80. The van der Waals surface area contributed by atoms with Crippen molar-refractivity contribution in [3.05, 3.63) is 35.9 Å². The first-order valence-electron chi connectivity index (χ1n) is 12.0. The summed E-state index contributed by atoms with van der Waals surface area (Å²) in [5.74, 6) is -3.10. The van der Waals surface area contributed by atoms with Crippen LogP contribution < -0.4 is 33.2 Å². The Labute approximate surface area is 222 Å². The number of hydrogen-bond acceptors (Lipinski definition) is 7. The summed E-state index contributed by atoms with van der Waals surface area (Å²) in [5, 5.41) is 17.2. The lowest BCUT2D eigenvalue weighted by Gasteiger charge is -2.24. The zero-order valence-corrected chi connectivity index (χ0v) is 22.1. The van der Waals surface area contributed by atoms with Gasteiger partial charge in [0.2, 0.25) is 17.7 Å². The van der Waals surface area contributed by atoms with Gasteiger partial charge >= 0.3 is 5.97 Å². The van der Waals surface area contributed by atoms with Crippen LogP contribution >= 0.6 is 12.6 Å². The van der Waals surface area contributed by atoms with Crippen molar-refractivity contribution in [3.63, 3.8) is 0 Å². The highest BCUT2D eigenvalue weighted by atomic mass is 32.1. The molecule has 13 heteroatoms. The van der Waals surface area contributed by atoms with Gasteiger partial charge in [-0.1, -0.05) is 44.2 Å². The number of carboxylic acids is 1. The van der Waals surface area contributed by atoms with Crippen molar-refractivity contribution in [1.29, 1.82) is 0 Å². The van der Waals surface area contributed by atoms with Crippen LogP contribution in [0.4, 0.5) is 0 Å². The lowest BCUT2D eigenvalue weighted by Crippen LogP contribution is -2.58. The summed E-state index contributed by atoms with van der Waals surface area (Å²) < 4.78 is 0. The fourth-order valence-corrected chi connectivity index (χ4v) is 3.71. The molecular weight excluding hydrogens is 498 g/mol. The number of nitrogens with one attached hydrogen (secondary N) is 3. The number of nitrogens with zero attached hydrogens (tertiary/aromatic N) is 1. The zero-order valence-electron chi connectivity index (χ0n) is 21.2. The Morgan fingerprint density at radius 3 is 2.05 bits per heavy atom. The molecule has 0 spiro atoms. The number of thiol groups is 1. The summed E-state index contributed by atoms with van der Waals surface area (Å²) >= 11 is 4.14. The fourth-order valence-electron chi connectivity index (χ4n) is 3.45. The Kier molecular flexibility index (Phi) is 14.1. The normalized spacial score (nSPS) is 14.1. The molecule has 206 valence electrons. The van der Waals surface area contributed by atoms with Crippen LogP contribution in [0.3, 0.4) is 0 Å². The van der Waals surface area contributed by atoms with Crippen LogP contribution in [-0.2, 0) is 25.6 Å². The molecular formula is C24H39N7O5S. The first kappa shape index (κ1) is 31.7. The molecule has 0 bridgehead atoms. The van der Waals surface area contributed by atoms with Crippen LogP contribution in [-0.4, -0.2) is 71.2 Å². The van der Waals surface area contributed by atoms with E-state index < -0.39 is 47.9 Å². The third-order valence-electron chi connectivity index (χ3n) is 5.35. The number of benzene rings is 1. The number of hydrogen-bond donors (Lipinski definition) is 8. The molecule has 0 radical (unpaired) electrons. The number of nitrogens with two attached hydrogens (primary N) is 3.